The third kappa shape index (κ3) is 2.24. The number of amides is 1. The lowest BCUT2D eigenvalue weighted by Crippen LogP contribution is -2.37. The number of carbonyl (C=O) groups is 1. The lowest BCUT2D eigenvalue weighted by atomic mass is 10.2. The average molecular weight is 330 g/mol. The van der Waals surface area contributed by atoms with Crippen LogP contribution in [0.5, 0.6) is 5.75 Å². The van der Waals surface area contributed by atoms with Crippen LogP contribution in [0, 0.1) is 0 Å². The van der Waals surface area contributed by atoms with Crippen LogP contribution in [0.1, 0.15) is 5.56 Å². The van der Waals surface area contributed by atoms with Gasteiger partial charge in [-0.25, -0.2) is 8.42 Å². The highest BCUT2D eigenvalue weighted by Crippen LogP contribution is 2.36. The number of sulfonamides is 1. The van der Waals surface area contributed by atoms with E-state index in [2.05, 4.69) is 5.32 Å². The molecule has 0 unspecified atom stereocenters. The number of carbonyl (C=O) groups excluding carboxylic acids is 1. The van der Waals surface area contributed by atoms with Crippen molar-refractivity contribution in [1.82, 2.24) is 0 Å². The molecule has 0 saturated carbocycles. The Morgan fingerprint density at radius 3 is 2.83 bits per heavy atom. The predicted octanol–water partition coefficient (Wildman–Crippen LogP) is 1.77. The van der Waals surface area contributed by atoms with Crippen LogP contribution in [0.2, 0.25) is 0 Å². The van der Waals surface area contributed by atoms with Crippen molar-refractivity contribution < 1.29 is 17.9 Å². The van der Waals surface area contributed by atoms with Gasteiger partial charge in [0.05, 0.1) is 23.5 Å². The number of benzene rings is 2. The van der Waals surface area contributed by atoms with Crippen molar-refractivity contribution in [2.24, 2.45) is 0 Å². The largest absolute Gasteiger partial charge is 0.489 e. The van der Waals surface area contributed by atoms with Gasteiger partial charge in [0.25, 0.3) is 10.0 Å². The molecule has 6 nitrogen and oxygen atoms in total. The van der Waals surface area contributed by atoms with Crippen LogP contribution in [0.15, 0.2) is 47.4 Å². The Morgan fingerprint density at radius 2 is 1.96 bits per heavy atom. The Hall–Kier alpha value is -2.54. The number of anilines is 2. The van der Waals surface area contributed by atoms with Crippen LogP contribution in [-0.4, -0.2) is 27.5 Å². The van der Waals surface area contributed by atoms with Crippen molar-refractivity contribution in [3.63, 3.8) is 0 Å². The Balaban J connectivity index is 1.78. The molecule has 0 aliphatic carbocycles. The quantitative estimate of drug-likeness (QED) is 0.910. The van der Waals surface area contributed by atoms with Gasteiger partial charge in [0, 0.05) is 5.69 Å². The molecule has 23 heavy (non-hydrogen) atoms. The highest BCUT2D eigenvalue weighted by atomic mass is 32.2. The van der Waals surface area contributed by atoms with E-state index in [4.69, 9.17) is 4.74 Å². The van der Waals surface area contributed by atoms with Gasteiger partial charge >= 0.3 is 0 Å². The number of ether oxygens (including phenoxy) is 1. The molecule has 2 heterocycles. The van der Waals surface area contributed by atoms with Crippen LogP contribution >= 0.6 is 0 Å². The first kappa shape index (κ1) is 14.1. The fourth-order valence-electron chi connectivity index (χ4n) is 2.89. The standard InChI is InChI=1S/C16H14N2O4S/c19-16-10-11-9-12(5-6-13(11)17-16)23(20,21)18-7-8-22-15-4-2-1-3-14(15)18/h1-6,9H,7-8,10H2,(H,17,19). The fraction of sp³-hybridized carbons (Fsp3) is 0.188. The zero-order valence-electron chi connectivity index (χ0n) is 12.2. The summed E-state index contributed by atoms with van der Waals surface area (Å²) in [5.41, 5.74) is 1.92. The number of rotatable bonds is 2. The maximum Gasteiger partial charge on any atom is 0.264 e. The first-order valence-corrected chi connectivity index (χ1v) is 8.67. The maximum atomic E-state index is 13.0. The Morgan fingerprint density at radius 1 is 1.13 bits per heavy atom. The van der Waals surface area contributed by atoms with Gasteiger partial charge in [-0.1, -0.05) is 12.1 Å². The molecule has 7 heteroatoms. The van der Waals surface area contributed by atoms with E-state index in [1.165, 1.54) is 10.4 Å². The monoisotopic (exact) mass is 330 g/mol. The van der Waals surface area contributed by atoms with E-state index in [0.717, 1.165) is 0 Å². The number of hydrogen-bond donors (Lipinski definition) is 1. The summed E-state index contributed by atoms with van der Waals surface area (Å²) < 4.78 is 32.9. The summed E-state index contributed by atoms with van der Waals surface area (Å²) in [6.07, 6.45) is 0.207. The molecule has 2 aliphatic rings. The lowest BCUT2D eigenvalue weighted by Gasteiger charge is -2.30. The Labute approximate surface area is 133 Å². The average Bonchev–Trinajstić information content (AvgIpc) is 2.93. The minimum absolute atomic E-state index is 0.119. The molecule has 1 N–H and O–H groups in total. The van der Waals surface area contributed by atoms with E-state index in [1.54, 1.807) is 30.3 Å². The molecular formula is C16H14N2O4S. The molecule has 0 aromatic heterocycles. The van der Waals surface area contributed by atoms with Crippen molar-refractivity contribution in [3.8, 4) is 5.75 Å². The normalized spacial score (nSPS) is 16.3. The van der Waals surface area contributed by atoms with Gasteiger partial charge in [-0.3, -0.25) is 9.10 Å². The molecular weight excluding hydrogens is 316 g/mol. The van der Waals surface area contributed by atoms with E-state index in [-0.39, 0.29) is 23.8 Å². The highest BCUT2D eigenvalue weighted by molar-refractivity contribution is 7.92. The SMILES string of the molecule is O=C1Cc2cc(S(=O)(=O)N3CCOc4ccccc43)ccc2N1. The molecule has 0 atom stereocenters. The Kier molecular flexibility index (Phi) is 3.05. The van der Waals surface area contributed by atoms with Crippen molar-refractivity contribution in [2.45, 2.75) is 11.3 Å². The van der Waals surface area contributed by atoms with E-state index < -0.39 is 10.0 Å². The first-order chi connectivity index (χ1) is 11.1. The molecule has 2 aromatic carbocycles. The van der Waals surface area contributed by atoms with Crippen molar-refractivity contribution in [2.75, 3.05) is 22.8 Å². The maximum absolute atomic E-state index is 13.0. The second kappa shape index (κ2) is 4.99. The first-order valence-electron chi connectivity index (χ1n) is 7.23. The summed E-state index contributed by atoms with van der Waals surface area (Å²) >= 11 is 0. The molecule has 4 rings (SSSR count). The van der Waals surface area contributed by atoms with Gasteiger partial charge in [0.2, 0.25) is 5.91 Å². The van der Waals surface area contributed by atoms with Crippen LogP contribution in [0.3, 0.4) is 0 Å². The fourth-order valence-corrected chi connectivity index (χ4v) is 4.40. The van der Waals surface area contributed by atoms with Gasteiger partial charge < -0.3 is 10.1 Å². The second-order valence-electron chi connectivity index (χ2n) is 5.44. The molecule has 118 valence electrons. The third-order valence-electron chi connectivity index (χ3n) is 3.98. The van der Waals surface area contributed by atoms with E-state index in [9.17, 15) is 13.2 Å². The van der Waals surface area contributed by atoms with E-state index in [1.807, 2.05) is 6.07 Å². The lowest BCUT2D eigenvalue weighted by molar-refractivity contribution is -0.115. The van der Waals surface area contributed by atoms with Crippen LogP contribution < -0.4 is 14.4 Å². The highest BCUT2D eigenvalue weighted by Gasteiger charge is 2.31. The van der Waals surface area contributed by atoms with Gasteiger partial charge in [-0.05, 0) is 35.9 Å². The second-order valence-corrected chi connectivity index (χ2v) is 7.30. The summed E-state index contributed by atoms with van der Waals surface area (Å²) in [6, 6.07) is 11.8. The Bertz CT molecular complexity index is 908. The summed E-state index contributed by atoms with van der Waals surface area (Å²) in [5.74, 6) is 0.437. The number of nitrogens with zero attached hydrogens (tertiary/aromatic N) is 1. The van der Waals surface area contributed by atoms with Crippen molar-refractivity contribution in [1.29, 1.82) is 0 Å². The molecule has 1 amide bonds. The summed E-state index contributed by atoms with van der Waals surface area (Å²) in [4.78, 5) is 11.6. The molecule has 0 fully saturated rings. The molecule has 2 aromatic rings. The van der Waals surface area contributed by atoms with Crippen molar-refractivity contribution >= 4 is 27.3 Å². The van der Waals surface area contributed by atoms with Crippen LogP contribution in [0.4, 0.5) is 11.4 Å². The van der Waals surface area contributed by atoms with E-state index >= 15 is 0 Å². The molecule has 2 aliphatic heterocycles. The minimum atomic E-state index is -3.70. The zero-order chi connectivity index (χ0) is 16.0. The van der Waals surface area contributed by atoms with Crippen LogP contribution in [0.25, 0.3) is 0 Å². The minimum Gasteiger partial charge on any atom is -0.489 e. The number of para-hydroxylation sites is 2. The van der Waals surface area contributed by atoms with Gasteiger partial charge in [-0.2, -0.15) is 0 Å². The van der Waals surface area contributed by atoms with E-state index in [0.29, 0.717) is 29.3 Å². The molecule has 0 radical (unpaired) electrons. The predicted molar refractivity (Wildman–Crippen MR) is 85.2 cm³/mol. The topological polar surface area (TPSA) is 75.7 Å². The van der Waals surface area contributed by atoms with Gasteiger partial charge in [-0.15, -0.1) is 0 Å². The van der Waals surface area contributed by atoms with Gasteiger partial charge in [0.1, 0.15) is 12.4 Å². The number of hydrogen-bond acceptors (Lipinski definition) is 4. The number of nitrogens with one attached hydrogen (secondary N) is 1. The molecule has 0 saturated heterocycles. The van der Waals surface area contributed by atoms with Crippen LogP contribution in [-0.2, 0) is 21.2 Å². The summed E-state index contributed by atoms with van der Waals surface area (Å²) in [5, 5.41) is 2.70. The number of fused-ring (bicyclic) bond motifs is 2. The summed E-state index contributed by atoms with van der Waals surface area (Å²) in [7, 11) is -3.70. The smallest absolute Gasteiger partial charge is 0.264 e. The molecule has 0 bridgehead atoms. The molecule has 0 spiro atoms. The van der Waals surface area contributed by atoms with Crippen molar-refractivity contribution in [3.05, 3.63) is 48.0 Å². The summed E-state index contributed by atoms with van der Waals surface area (Å²) in [6.45, 7) is 0.564. The third-order valence-corrected chi connectivity index (χ3v) is 5.78. The zero-order valence-corrected chi connectivity index (χ0v) is 13.0. The van der Waals surface area contributed by atoms with Gasteiger partial charge in [0.15, 0.2) is 0 Å².